The summed E-state index contributed by atoms with van der Waals surface area (Å²) in [5.41, 5.74) is 1.97. The molecule has 0 aliphatic carbocycles. The summed E-state index contributed by atoms with van der Waals surface area (Å²) in [6, 6.07) is 15.2. The number of hydrogen-bond acceptors (Lipinski definition) is 3. The van der Waals surface area contributed by atoms with Crippen molar-refractivity contribution in [3.05, 3.63) is 59.7 Å². The van der Waals surface area contributed by atoms with E-state index in [4.69, 9.17) is 9.47 Å². The first-order valence-electron chi connectivity index (χ1n) is 6.17. The van der Waals surface area contributed by atoms with Gasteiger partial charge in [0.15, 0.2) is 0 Å². The zero-order chi connectivity index (χ0) is 14.4. The molecular formula is C16H16O3Te. The van der Waals surface area contributed by atoms with Gasteiger partial charge in [-0.05, 0) is 0 Å². The fraction of sp³-hybridized carbons (Fsp3) is 0.188. The Balaban J connectivity index is 1.93. The first-order valence-corrected chi connectivity index (χ1v) is 8.98. The number of carbonyl (C=O) groups excluding carboxylic acids is 1. The molecule has 0 aliphatic rings. The molecule has 0 saturated carbocycles. The molecule has 0 aliphatic heterocycles. The van der Waals surface area contributed by atoms with Gasteiger partial charge in [-0.1, -0.05) is 0 Å². The van der Waals surface area contributed by atoms with Crippen LogP contribution < -0.4 is 9.47 Å². The molecule has 0 bridgehead atoms. The second-order valence-corrected chi connectivity index (χ2v) is 6.86. The molecule has 0 N–H and O–H groups in total. The summed E-state index contributed by atoms with van der Waals surface area (Å²) in [6.45, 7) is 0. The Morgan fingerprint density at radius 1 is 0.900 bits per heavy atom. The third-order valence-electron chi connectivity index (χ3n) is 2.85. The summed E-state index contributed by atoms with van der Waals surface area (Å²) >= 11 is -0.734. The van der Waals surface area contributed by atoms with E-state index in [2.05, 4.69) is 0 Å². The van der Waals surface area contributed by atoms with Crippen LogP contribution in [0.1, 0.15) is 15.9 Å². The first kappa shape index (κ1) is 14.9. The molecular weight excluding hydrogens is 368 g/mol. The number of rotatable bonds is 6. The van der Waals surface area contributed by atoms with Crippen LogP contribution in [0, 0.1) is 0 Å². The normalized spacial score (nSPS) is 10.1. The van der Waals surface area contributed by atoms with E-state index in [1.165, 1.54) is 5.56 Å². The molecule has 0 atom stereocenters. The second-order valence-electron chi connectivity index (χ2n) is 4.15. The Labute approximate surface area is 129 Å². The Bertz CT molecular complexity index is 561. The van der Waals surface area contributed by atoms with Crippen LogP contribution in [0.2, 0.25) is 0 Å². The summed E-state index contributed by atoms with van der Waals surface area (Å²) in [5, 5.41) is 0. The summed E-state index contributed by atoms with van der Waals surface area (Å²) < 4.78 is 11.3. The van der Waals surface area contributed by atoms with Crippen molar-refractivity contribution in [1.82, 2.24) is 0 Å². The van der Waals surface area contributed by atoms with E-state index in [1.807, 2.05) is 48.5 Å². The monoisotopic (exact) mass is 386 g/mol. The predicted molar refractivity (Wildman–Crippen MR) is 79.8 cm³/mol. The maximum atomic E-state index is 12.1. The van der Waals surface area contributed by atoms with Crippen molar-refractivity contribution < 1.29 is 14.3 Å². The fourth-order valence-corrected chi connectivity index (χ4v) is 3.94. The van der Waals surface area contributed by atoms with Crippen LogP contribution in [0.25, 0.3) is 0 Å². The average molecular weight is 384 g/mol. The molecule has 3 nitrogen and oxygen atoms in total. The van der Waals surface area contributed by atoms with E-state index in [0.717, 1.165) is 21.5 Å². The zero-order valence-electron chi connectivity index (χ0n) is 11.5. The van der Waals surface area contributed by atoms with Crippen LogP contribution in [0.3, 0.4) is 0 Å². The molecule has 104 valence electrons. The molecule has 0 unspecified atom stereocenters. The molecule has 0 radical (unpaired) electrons. The first-order chi connectivity index (χ1) is 9.72. The van der Waals surface area contributed by atoms with Gasteiger partial charge in [-0.15, -0.1) is 0 Å². The molecule has 4 heteroatoms. The number of ether oxygens (including phenoxy) is 2. The van der Waals surface area contributed by atoms with Gasteiger partial charge in [0.1, 0.15) is 0 Å². The van der Waals surface area contributed by atoms with Gasteiger partial charge in [-0.25, -0.2) is 0 Å². The van der Waals surface area contributed by atoms with Crippen molar-refractivity contribution in [2.45, 2.75) is 4.47 Å². The molecule has 0 spiro atoms. The maximum absolute atomic E-state index is 12.1. The topological polar surface area (TPSA) is 35.5 Å². The van der Waals surface area contributed by atoms with E-state index in [9.17, 15) is 4.79 Å². The van der Waals surface area contributed by atoms with E-state index >= 15 is 0 Å². The number of benzene rings is 2. The number of methoxy groups -OCH3 is 2. The van der Waals surface area contributed by atoms with Crippen LogP contribution in [-0.4, -0.2) is 39.0 Å². The predicted octanol–water partition coefficient (Wildman–Crippen LogP) is 2.75. The summed E-state index contributed by atoms with van der Waals surface area (Å²) in [4.78, 5) is 12.1. The zero-order valence-corrected chi connectivity index (χ0v) is 13.8. The van der Waals surface area contributed by atoms with E-state index in [-0.39, 0.29) is 3.83 Å². The van der Waals surface area contributed by atoms with Gasteiger partial charge in [0, 0.05) is 0 Å². The molecule has 20 heavy (non-hydrogen) atoms. The van der Waals surface area contributed by atoms with Gasteiger partial charge in [-0.2, -0.15) is 0 Å². The summed E-state index contributed by atoms with van der Waals surface area (Å²) in [7, 11) is 3.27. The van der Waals surface area contributed by atoms with Crippen LogP contribution in [0.4, 0.5) is 0 Å². The van der Waals surface area contributed by atoms with Crippen molar-refractivity contribution in [3.8, 4) is 11.5 Å². The summed E-state index contributed by atoms with van der Waals surface area (Å²) in [5.74, 6) is 1.62. The summed E-state index contributed by atoms with van der Waals surface area (Å²) in [6.07, 6.45) is 0. The van der Waals surface area contributed by atoms with Crippen LogP contribution >= 0.6 is 0 Å². The molecule has 0 amide bonds. The third-order valence-corrected chi connectivity index (χ3v) is 5.64. The van der Waals surface area contributed by atoms with Crippen molar-refractivity contribution in [3.63, 3.8) is 0 Å². The number of hydrogen-bond donors (Lipinski definition) is 0. The molecule has 0 aromatic heterocycles. The van der Waals surface area contributed by atoms with Crippen molar-refractivity contribution in [2.75, 3.05) is 14.2 Å². The Hall–Kier alpha value is -1.50. The molecule has 2 aromatic carbocycles. The van der Waals surface area contributed by atoms with Crippen LogP contribution in [0.15, 0.2) is 48.5 Å². The second kappa shape index (κ2) is 7.33. The molecule has 0 heterocycles. The Morgan fingerprint density at radius 3 is 1.90 bits per heavy atom. The molecule has 0 fully saturated rings. The quantitative estimate of drug-likeness (QED) is 0.719. The van der Waals surface area contributed by atoms with Gasteiger partial charge in [0.05, 0.1) is 0 Å². The van der Waals surface area contributed by atoms with Gasteiger partial charge >= 0.3 is 129 Å². The van der Waals surface area contributed by atoms with Crippen LogP contribution in [-0.2, 0) is 4.47 Å². The molecule has 2 rings (SSSR count). The standard InChI is InChI=1S/C16H16O3Te/c1-18-14-7-3-12(4-8-14)11-20-16(17)13-5-9-15(19-2)10-6-13/h3-10H,11H2,1-2H3. The molecule has 2 aromatic rings. The fourth-order valence-electron chi connectivity index (χ4n) is 1.68. The van der Waals surface area contributed by atoms with Gasteiger partial charge in [0.2, 0.25) is 0 Å². The van der Waals surface area contributed by atoms with E-state index in [1.54, 1.807) is 14.2 Å². The van der Waals surface area contributed by atoms with Crippen molar-refractivity contribution >= 4 is 24.8 Å². The van der Waals surface area contributed by atoms with E-state index < -0.39 is 20.9 Å². The minimum absolute atomic E-state index is 0.272. The van der Waals surface area contributed by atoms with Gasteiger partial charge in [0.25, 0.3) is 0 Å². The Morgan fingerprint density at radius 2 is 1.40 bits per heavy atom. The average Bonchev–Trinajstić information content (AvgIpc) is 2.53. The Kier molecular flexibility index (Phi) is 5.46. The third kappa shape index (κ3) is 3.99. The van der Waals surface area contributed by atoms with Gasteiger partial charge in [-0.3, -0.25) is 0 Å². The number of carbonyl (C=O) groups is 1. The SMILES string of the molecule is COc1ccc(C[Te]C(=O)c2ccc(OC)cc2)cc1. The van der Waals surface area contributed by atoms with Crippen LogP contribution in [0.5, 0.6) is 11.5 Å². The molecule has 0 saturated heterocycles. The van der Waals surface area contributed by atoms with Crippen molar-refractivity contribution in [1.29, 1.82) is 0 Å². The minimum atomic E-state index is -0.734. The van der Waals surface area contributed by atoms with E-state index in [0.29, 0.717) is 0 Å². The van der Waals surface area contributed by atoms with Gasteiger partial charge < -0.3 is 0 Å². The van der Waals surface area contributed by atoms with Crippen molar-refractivity contribution in [2.24, 2.45) is 0 Å².